The highest BCUT2D eigenvalue weighted by Crippen LogP contribution is 2.09. The predicted octanol–water partition coefficient (Wildman–Crippen LogP) is 0.661. The highest BCUT2D eigenvalue weighted by molar-refractivity contribution is 7.99. The van der Waals surface area contributed by atoms with Crippen LogP contribution in [0.15, 0.2) is 0 Å². The first kappa shape index (κ1) is 15.0. The maximum atomic E-state index is 11.6. The second kappa shape index (κ2) is 8.15. The molecular formula is C10H16O5S. The number of rotatable bonds is 7. The molecule has 0 bridgehead atoms. The zero-order chi connectivity index (χ0) is 12.6. The molecule has 0 unspecified atom stereocenters. The molecule has 0 aromatic heterocycles. The summed E-state index contributed by atoms with van der Waals surface area (Å²) in [7, 11) is 0. The Labute approximate surface area is 98.9 Å². The van der Waals surface area contributed by atoms with Gasteiger partial charge in [0.2, 0.25) is 5.92 Å². The Morgan fingerprint density at radius 1 is 1.06 bits per heavy atom. The first-order valence-electron chi connectivity index (χ1n) is 4.93. The Bertz CT molecular complexity index is 221. The third-order valence-electron chi connectivity index (χ3n) is 1.65. The summed E-state index contributed by atoms with van der Waals surface area (Å²) >= 11 is 1.24. The Balaban J connectivity index is 4.68. The maximum Gasteiger partial charge on any atom is 0.328 e. The van der Waals surface area contributed by atoms with Crippen molar-refractivity contribution in [2.75, 3.05) is 25.2 Å². The predicted molar refractivity (Wildman–Crippen MR) is 60.1 cm³/mol. The molecule has 0 saturated heterocycles. The van der Waals surface area contributed by atoms with Gasteiger partial charge in [-0.25, -0.2) is 0 Å². The van der Waals surface area contributed by atoms with Crippen LogP contribution < -0.4 is 0 Å². The van der Waals surface area contributed by atoms with E-state index >= 15 is 0 Å². The van der Waals surface area contributed by atoms with E-state index < -0.39 is 23.6 Å². The van der Waals surface area contributed by atoms with Gasteiger partial charge in [-0.2, -0.15) is 11.8 Å². The van der Waals surface area contributed by atoms with Gasteiger partial charge in [-0.1, -0.05) is 0 Å². The number of carbonyl (C=O) groups is 3. The molecule has 0 N–H and O–H groups in total. The van der Waals surface area contributed by atoms with Gasteiger partial charge >= 0.3 is 11.9 Å². The van der Waals surface area contributed by atoms with Crippen LogP contribution in [0.3, 0.4) is 0 Å². The van der Waals surface area contributed by atoms with Crippen molar-refractivity contribution in [3.63, 3.8) is 0 Å². The van der Waals surface area contributed by atoms with E-state index in [4.69, 9.17) is 0 Å². The highest BCUT2D eigenvalue weighted by Gasteiger charge is 2.35. The van der Waals surface area contributed by atoms with Crippen molar-refractivity contribution in [3.05, 3.63) is 0 Å². The van der Waals surface area contributed by atoms with E-state index in [9.17, 15) is 14.4 Å². The van der Waals surface area contributed by atoms with Crippen molar-refractivity contribution in [2.24, 2.45) is 5.92 Å². The van der Waals surface area contributed by atoms with Crippen LogP contribution >= 0.6 is 11.8 Å². The van der Waals surface area contributed by atoms with E-state index in [1.54, 1.807) is 20.1 Å². The molecule has 0 aliphatic heterocycles. The minimum Gasteiger partial charge on any atom is -0.465 e. The fourth-order valence-corrected chi connectivity index (χ4v) is 1.49. The molecule has 6 heteroatoms. The number of ether oxygens (including phenoxy) is 2. The lowest BCUT2D eigenvalue weighted by Crippen LogP contribution is -2.35. The molecule has 0 amide bonds. The Hall–Kier alpha value is -1.04. The van der Waals surface area contributed by atoms with Gasteiger partial charge in [0.1, 0.15) is 0 Å². The minimum atomic E-state index is -1.44. The topological polar surface area (TPSA) is 69.7 Å². The first-order chi connectivity index (χ1) is 7.58. The summed E-state index contributed by atoms with van der Waals surface area (Å²) in [6.45, 7) is 3.47. The smallest absolute Gasteiger partial charge is 0.328 e. The number of thioether (sulfide) groups is 1. The third kappa shape index (κ3) is 4.65. The van der Waals surface area contributed by atoms with Crippen LogP contribution in [-0.2, 0) is 23.9 Å². The minimum absolute atomic E-state index is 0.0856. The average Bonchev–Trinajstić information content (AvgIpc) is 2.19. The van der Waals surface area contributed by atoms with Gasteiger partial charge in [-0.3, -0.25) is 14.4 Å². The number of hydrogen-bond donors (Lipinski definition) is 0. The Kier molecular flexibility index (Phi) is 7.62. The zero-order valence-electron chi connectivity index (χ0n) is 9.65. The molecule has 0 radical (unpaired) electrons. The van der Waals surface area contributed by atoms with Crippen molar-refractivity contribution in [2.45, 2.75) is 13.8 Å². The SMILES string of the molecule is CCOC(=O)C(C(=O)CSC)C(=O)OCC. The lowest BCUT2D eigenvalue weighted by molar-refractivity contribution is -0.163. The summed E-state index contributed by atoms with van der Waals surface area (Å²) in [5.41, 5.74) is 0. The molecular weight excluding hydrogens is 232 g/mol. The van der Waals surface area contributed by atoms with Gasteiger partial charge in [0.25, 0.3) is 0 Å². The normalized spacial score (nSPS) is 10.0. The zero-order valence-corrected chi connectivity index (χ0v) is 10.5. The molecule has 0 spiro atoms. The van der Waals surface area contributed by atoms with Crippen molar-refractivity contribution in [3.8, 4) is 0 Å². The van der Waals surface area contributed by atoms with Gasteiger partial charge < -0.3 is 9.47 Å². The standard InChI is InChI=1S/C10H16O5S/c1-4-14-9(12)8(7(11)6-16-3)10(13)15-5-2/h8H,4-6H2,1-3H3. The fraction of sp³-hybridized carbons (Fsp3) is 0.700. The molecule has 16 heavy (non-hydrogen) atoms. The summed E-state index contributed by atoms with van der Waals surface area (Å²) in [6, 6.07) is 0. The number of esters is 2. The van der Waals surface area contributed by atoms with Crippen molar-refractivity contribution in [1.29, 1.82) is 0 Å². The monoisotopic (exact) mass is 248 g/mol. The number of carbonyl (C=O) groups excluding carboxylic acids is 3. The molecule has 5 nitrogen and oxygen atoms in total. The molecule has 0 aromatic rings. The molecule has 0 heterocycles. The van der Waals surface area contributed by atoms with Crippen LogP contribution in [-0.4, -0.2) is 42.9 Å². The van der Waals surface area contributed by atoms with Gasteiger partial charge in [-0.15, -0.1) is 0 Å². The van der Waals surface area contributed by atoms with E-state index in [0.717, 1.165) is 0 Å². The molecule has 0 aromatic carbocycles. The second-order valence-corrected chi connectivity index (χ2v) is 3.70. The molecule has 0 aliphatic rings. The van der Waals surface area contributed by atoms with E-state index in [0.29, 0.717) is 0 Å². The van der Waals surface area contributed by atoms with Crippen LogP contribution in [0.25, 0.3) is 0 Å². The van der Waals surface area contributed by atoms with E-state index in [1.165, 1.54) is 11.8 Å². The van der Waals surface area contributed by atoms with Gasteiger partial charge in [-0.05, 0) is 20.1 Å². The molecule has 0 fully saturated rings. The number of ketones is 1. The molecule has 92 valence electrons. The van der Waals surface area contributed by atoms with E-state index in [2.05, 4.69) is 9.47 Å². The quantitative estimate of drug-likeness (QED) is 0.487. The summed E-state index contributed by atoms with van der Waals surface area (Å²) in [6.07, 6.45) is 1.71. The van der Waals surface area contributed by atoms with Crippen LogP contribution in [0, 0.1) is 5.92 Å². The molecule has 0 saturated carbocycles. The average molecular weight is 248 g/mol. The molecule has 0 aliphatic carbocycles. The van der Waals surface area contributed by atoms with Crippen molar-refractivity contribution in [1.82, 2.24) is 0 Å². The number of Topliss-reactive ketones (excluding diaryl/α,β-unsaturated/α-hetero) is 1. The van der Waals surface area contributed by atoms with Crippen LogP contribution in [0.5, 0.6) is 0 Å². The largest absolute Gasteiger partial charge is 0.465 e. The fourth-order valence-electron chi connectivity index (χ4n) is 1.04. The van der Waals surface area contributed by atoms with E-state index in [-0.39, 0.29) is 19.0 Å². The molecule has 0 rings (SSSR count). The number of hydrogen-bond acceptors (Lipinski definition) is 6. The van der Waals surface area contributed by atoms with Crippen LogP contribution in [0.4, 0.5) is 0 Å². The summed E-state index contributed by atoms with van der Waals surface area (Å²) in [5, 5.41) is 0. The highest BCUT2D eigenvalue weighted by atomic mass is 32.2. The van der Waals surface area contributed by atoms with Gasteiger partial charge in [0.15, 0.2) is 5.78 Å². The van der Waals surface area contributed by atoms with E-state index in [1.807, 2.05) is 0 Å². The lowest BCUT2D eigenvalue weighted by Gasteiger charge is -2.12. The third-order valence-corrected chi connectivity index (χ3v) is 2.23. The molecule has 0 atom stereocenters. The van der Waals surface area contributed by atoms with Crippen molar-refractivity contribution >= 4 is 29.5 Å². The second-order valence-electron chi connectivity index (χ2n) is 2.84. The van der Waals surface area contributed by atoms with Gasteiger partial charge in [0, 0.05) is 0 Å². The first-order valence-corrected chi connectivity index (χ1v) is 6.32. The van der Waals surface area contributed by atoms with Crippen LogP contribution in [0.2, 0.25) is 0 Å². The lowest BCUT2D eigenvalue weighted by atomic mass is 10.1. The Morgan fingerprint density at radius 2 is 1.50 bits per heavy atom. The maximum absolute atomic E-state index is 11.6. The summed E-state index contributed by atoms with van der Waals surface area (Å²) in [4.78, 5) is 34.4. The summed E-state index contributed by atoms with van der Waals surface area (Å²) in [5.74, 6) is -3.50. The van der Waals surface area contributed by atoms with Crippen LogP contribution in [0.1, 0.15) is 13.8 Å². The van der Waals surface area contributed by atoms with Gasteiger partial charge in [0.05, 0.1) is 19.0 Å². The van der Waals surface area contributed by atoms with Crippen molar-refractivity contribution < 1.29 is 23.9 Å². The summed E-state index contributed by atoms with van der Waals surface area (Å²) < 4.78 is 9.34. The Morgan fingerprint density at radius 3 is 1.81 bits per heavy atom.